The fourth-order valence-corrected chi connectivity index (χ4v) is 3.22. The van der Waals surface area contributed by atoms with Gasteiger partial charge in [0.15, 0.2) is 0 Å². The Hall–Kier alpha value is -0.930. The van der Waals surface area contributed by atoms with Gasteiger partial charge in [-0.2, -0.15) is 0 Å². The van der Waals surface area contributed by atoms with Crippen LogP contribution in [0.4, 0.5) is 4.39 Å². The molecule has 0 saturated carbocycles. The van der Waals surface area contributed by atoms with E-state index in [9.17, 15) is 4.39 Å². The molecule has 20 heavy (non-hydrogen) atoms. The maximum absolute atomic E-state index is 14.1. The zero-order valence-electron chi connectivity index (χ0n) is 12.9. The SMILES string of the molecule is CCC1(C)CCN(C(c2ccccc2F)C(C)N)CC1. The maximum Gasteiger partial charge on any atom is 0.128 e. The molecule has 1 saturated heterocycles. The Morgan fingerprint density at radius 2 is 1.90 bits per heavy atom. The van der Waals surface area contributed by atoms with E-state index < -0.39 is 0 Å². The van der Waals surface area contributed by atoms with E-state index in [1.54, 1.807) is 6.07 Å². The van der Waals surface area contributed by atoms with Crippen molar-refractivity contribution in [3.8, 4) is 0 Å². The molecule has 1 aliphatic heterocycles. The quantitative estimate of drug-likeness (QED) is 0.909. The monoisotopic (exact) mass is 278 g/mol. The number of halogens is 1. The van der Waals surface area contributed by atoms with Gasteiger partial charge in [-0.05, 0) is 44.3 Å². The van der Waals surface area contributed by atoms with Gasteiger partial charge in [0.25, 0.3) is 0 Å². The van der Waals surface area contributed by atoms with Crippen molar-refractivity contribution in [3.63, 3.8) is 0 Å². The first kappa shape index (κ1) is 15.5. The number of hydrogen-bond donors (Lipinski definition) is 1. The van der Waals surface area contributed by atoms with Crippen molar-refractivity contribution in [1.29, 1.82) is 0 Å². The molecule has 1 heterocycles. The van der Waals surface area contributed by atoms with Gasteiger partial charge in [-0.3, -0.25) is 4.90 Å². The standard InChI is InChI=1S/C17H27FN2/c1-4-17(3)9-11-20(12-10-17)16(13(2)19)14-7-5-6-8-15(14)18/h5-8,13,16H,4,9-12,19H2,1-3H3. The Balaban J connectivity index is 2.18. The smallest absolute Gasteiger partial charge is 0.128 e. The van der Waals surface area contributed by atoms with Gasteiger partial charge in [0, 0.05) is 11.6 Å². The zero-order chi connectivity index (χ0) is 14.8. The van der Waals surface area contributed by atoms with E-state index in [-0.39, 0.29) is 17.9 Å². The van der Waals surface area contributed by atoms with Crippen molar-refractivity contribution in [1.82, 2.24) is 4.90 Å². The molecule has 0 aromatic heterocycles. The minimum atomic E-state index is -0.140. The third kappa shape index (κ3) is 3.21. The number of piperidine rings is 1. The molecular weight excluding hydrogens is 251 g/mol. The van der Waals surface area contributed by atoms with Gasteiger partial charge >= 0.3 is 0 Å². The van der Waals surface area contributed by atoms with Crippen LogP contribution in [0.5, 0.6) is 0 Å². The van der Waals surface area contributed by atoms with Crippen molar-refractivity contribution in [2.45, 2.75) is 52.1 Å². The number of rotatable bonds is 4. The van der Waals surface area contributed by atoms with Gasteiger partial charge in [-0.15, -0.1) is 0 Å². The van der Waals surface area contributed by atoms with E-state index >= 15 is 0 Å². The van der Waals surface area contributed by atoms with Crippen molar-refractivity contribution >= 4 is 0 Å². The first-order valence-corrected chi connectivity index (χ1v) is 7.71. The van der Waals surface area contributed by atoms with E-state index in [4.69, 9.17) is 5.73 Å². The normalized spacial score (nSPS) is 22.4. The molecular formula is C17H27FN2. The second-order valence-corrected chi connectivity index (χ2v) is 6.53. The largest absolute Gasteiger partial charge is 0.326 e. The Bertz CT molecular complexity index is 436. The highest BCUT2D eigenvalue weighted by atomic mass is 19.1. The summed E-state index contributed by atoms with van der Waals surface area (Å²) in [5, 5.41) is 0. The molecule has 1 aromatic rings. The highest BCUT2D eigenvalue weighted by Gasteiger charge is 2.34. The van der Waals surface area contributed by atoms with E-state index in [0.717, 1.165) is 18.7 Å². The van der Waals surface area contributed by atoms with Gasteiger partial charge in [-0.25, -0.2) is 4.39 Å². The topological polar surface area (TPSA) is 29.3 Å². The van der Waals surface area contributed by atoms with Gasteiger partial charge in [-0.1, -0.05) is 38.5 Å². The Labute approximate surface area is 122 Å². The van der Waals surface area contributed by atoms with E-state index in [2.05, 4.69) is 18.7 Å². The number of nitrogens with two attached hydrogens (primary N) is 1. The number of benzene rings is 1. The number of likely N-dealkylation sites (tertiary alicyclic amines) is 1. The van der Waals surface area contributed by atoms with Crippen LogP contribution in [0.2, 0.25) is 0 Å². The lowest BCUT2D eigenvalue weighted by atomic mass is 9.77. The number of nitrogens with zero attached hydrogens (tertiary/aromatic N) is 1. The Kier molecular flexibility index (Phi) is 4.82. The van der Waals surface area contributed by atoms with Crippen LogP contribution in [0.15, 0.2) is 24.3 Å². The number of hydrogen-bond acceptors (Lipinski definition) is 2. The Morgan fingerprint density at radius 3 is 2.40 bits per heavy atom. The van der Waals surface area contributed by atoms with Crippen molar-refractivity contribution in [2.24, 2.45) is 11.1 Å². The molecule has 1 aliphatic rings. The van der Waals surface area contributed by atoms with Crippen molar-refractivity contribution in [3.05, 3.63) is 35.6 Å². The third-order valence-corrected chi connectivity index (χ3v) is 4.97. The summed E-state index contributed by atoms with van der Waals surface area (Å²) in [7, 11) is 0. The first-order valence-electron chi connectivity index (χ1n) is 7.71. The van der Waals surface area contributed by atoms with Gasteiger partial charge in [0.1, 0.15) is 5.82 Å². The van der Waals surface area contributed by atoms with Crippen LogP contribution in [0.3, 0.4) is 0 Å². The summed E-state index contributed by atoms with van der Waals surface area (Å²) in [6.45, 7) is 8.60. The van der Waals surface area contributed by atoms with Crippen LogP contribution in [-0.2, 0) is 0 Å². The molecule has 1 fully saturated rings. The van der Waals surface area contributed by atoms with Crippen LogP contribution in [-0.4, -0.2) is 24.0 Å². The summed E-state index contributed by atoms with van der Waals surface area (Å²) in [5.41, 5.74) is 7.34. The van der Waals surface area contributed by atoms with Crippen LogP contribution >= 0.6 is 0 Å². The predicted octanol–water partition coefficient (Wildman–Crippen LogP) is 3.73. The summed E-state index contributed by atoms with van der Waals surface area (Å²) in [5.74, 6) is -0.140. The lowest BCUT2D eigenvalue weighted by Crippen LogP contribution is -2.46. The average Bonchev–Trinajstić information content (AvgIpc) is 2.43. The predicted molar refractivity (Wildman–Crippen MR) is 82.0 cm³/mol. The summed E-state index contributed by atoms with van der Waals surface area (Å²) in [6.07, 6.45) is 3.55. The molecule has 2 nitrogen and oxygen atoms in total. The van der Waals surface area contributed by atoms with Crippen LogP contribution in [0.25, 0.3) is 0 Å². The molecule has 0 aliphatic carbocycles. The first-order chi connectivity index (χ1) is 9.47. The molecule has 2 atom stereocenters. The maximum atomic E-state index is 14.1. The van der Waals surface area contributed by atoms with Gasteiger partial charge in [0.05, 0.1) is 6.04 Å². The minimum absolute atomic E-state index is 0.0161. The molecule has 2 rings (SSSR count). The Morgan fingerprint density at radius 1 is 1.30 bits per heavy atom. The molecule has 2 unspecified atom stereocenters. The van der Waals surface area contributed by atoms with E-state index in [0.29, 0.717) is 5.41 Å². The molecule has 112 valence electrons. The van der Waals surface area contributed by atoms with Gasteiger partial charge in [0.2, 0.25) is 0 Å². The van der Waals surface area contributed by atoms with Crippen molar-refractivity contribution < 1.29 is 4.39 Å². The van der Waals surface area contributed by atoms with Crippen LogP contribution < -0.4 is 5.73 Å². The minimum Gasteiger partial charge on any atom is -0.326 e. The molecule has 0 radical (unpaired) electrons. The molecule has 3 heteroatoms. The fourth-order valence-electron chi connectivity index (χ4n) is 3.22. The van der Waals surface area contributed by atoms with Crippen LogP contribution in [0, 0.1) is 11.2 Å². The molecule has 0 spiro atoms. The van der Waals surface area contributed by atoms with Crippen molar-refractivity contribution in [2.75, 3.05) is 13.1 Å². The zero-order valence-corrected chi connectivity index (χ0v) is 12.9. The van der Waals surface area contributed by atoms with Gasteiger partial charge < -0.3 is 5.73 Å². The lowest BCUT2D eigenvalue weighted by molar-refractivity contribution is 0.0708. The second-order valence-electron chi connectivity index (χ2n) is 6.53. The summed E-state index contributed by atoms with van der Waals surface area (Å²) in [4.78, 5) is 2.36. The third-order valence-electron chi connectivity index (χ3n) is 4.97. The summed E-state index contributed by atoms with van der Waals surface area (Å²) < 4.78 is 14.1. The second kappa shape index (κ2) is 6.23. The van der Waals surface area contributed by atoms with E-state index in [1.165, 1.54) is 25.3 Å². The highest BCUT2D eigenvalue weighted by molar-refractivity contribution is 5.23. The van der Waals surface area contributed by atoms with E-state index in [1.807, 2.05) is 19.1 Å². The molecule has 2 N–H and O–H groups in total. The average molecular weight is 278 g/mol. The molecule has 0 amide bonds. The highest BCUT2D eigenvalue weighted by Crippen LogP contribution is 2.37. The summed E-state index contributed by atoms with van der Waals surface area (Å²) in [6, 6.07) is 6.95. The fraction of sp³-hybridized carbons (Fsp3) is 0.647. The summed E-state index contributed by atoms with van der Waals surface area (Å²) >= 11 is 0. The van der Waals surface area contributed by atoms with Crippen LogP contribution in [0.1, 0.15) is 51.6 Å². The molecule has 1 aromatic carbocycles. The molecule has 0 bridgehead atoms. The lowest BCUT2D eigenvalue weighted by Gasteiger charge is -2.43.